The predicted molar refractivity (Wildman–Crippen MR) is 109 cm³/mol. The van der Waals surface area contributed by atoms with Gasteiger partial charge in [-0.05, 0) is 70.1 Å². The third-order valence-corrected chi connectivity index (χ3v) is 7.82. The fourth-order valence-corrected chi connectivity index (χ4v) is 5.71. The minimum atomic E-state index is -3.52. The first-order valence-electron chi connectivity index (χ1n) is 9.75. The van der Waals surface area contributed by atoms with Gasteiger partial charge in [0.05, 0.1) is 4.90 Å². The van der Waals surface area contributed by atoms with Crippen molar-refractivity contribution in [3.63, 3.8) is 0 Å². The second-order valence-electron chi connectivity index (χ2n) is 8.83. The Labute approximate surface area is 172 Å². The van der Waals surface area contributed by atoms with Crippen LogP contribution in [0.3, 0.4) is 0 Å². The number of carbonyl (C=O) groups excluding carboxylic acids is 1. The zero-order valence-electron chi connectivity index (χ0n) is 16.8. The smallest absolute Gasteiger partial charge is 0.410 e. The van der Waals surface area contributed by atoms with E-state index in [2.05, 4.69) is 0 Å². The van der Waals surface area contributed by atoms with Crippen molar-refractivity contribution >= 4 is 27.7 Å². The van der Waals surface area contributed by atoms with Crippen LogP contribution in [-0.4, -0.2) is 55.5 Å². The van der Waals surface area contributed by atoms with Crippen LogP contribution in [0.15, 0.2) is 29.2 Å². The Kier molecular flexibility index (Phi) is 5.99. The second kappa shape index (κ2) is 7.84. The van der Waals surface area contributed by atoms with Crippen molar-refractivity contribution < 1.29 is 17.9 Å². The highest BCUT2D eigenvalue weighted by Gasteiger charge is 2.41. The summed E-state index contributed by atoms with van der Waals surface area (Å²) < 4.78 is 32.8. The van der Waals surface area contributed by atoms with Gasteiger partial charge in [-0.1, -0.05) is 17.7 Å². The Morgan fingerprint density at radius 3 is 2.18 bits per heavy atom. The summed E-state index contributed by atoms with van der Waals surface area (Å²) in [7, 11) is -3.52. The highest BCUT2D eigenvalue weighted by Crippen LogP contribution is 2.42. The molecular weight excluding hydrogens is 400 g/mol. The van der Waals surface area contributed by atoms with Crippen LogP contribution in [0.25, 0.3) is 0 Å². The van der Waals surface area contributed by atoms with E-state index in [1.807, 2.05) is 20.8 Å². The summed E-state index contributed by atoms with van der Waals surface area (Å²) in [4.78, 5) is 14.3. The number of hydrogen-bond donors (Lipinski definition) is 0. The van der Waals surface area contributed by atoms with Gasteiger partial charge in [0.15, 0.2) is 0 Å². The van der Waals surface area contributed by atoms with Gasteiger partial charge in [0, 0.05) is 31.2 Å². The first kappa shape index (κ1) is 21.4. The summed E-state index contributed by atoms with van der Waals surface area (Å²) in [6, 6.07) is 6.42. The monoisotopic (exact) mass is 428 g/mol. The zero-order valence-corrected chi connectivity index (χ0v) is 18.4. The molecule has 2 saturated heterocycles. The molecule has 1 aromatic rings. The van der Waals surface area contributed by atoms with Crippen LogP contribution in [0.1, 0.15) is 46.5 Å². The molecule has 0 aromatic heterocycles. The second-order valence-corrected chi connectivity index (χ2v) is 11.2. The van der Waals surface area contributed by atoms with Crippen LogP contribution in [0, 0.1) is 5.41 Å². The lowest BCUT2D eigenvalue weighted by atomic mass is 9.72. The normalized spacial score (nSPS) is 20.9. The third-order valence-electron chi connectivity index (χ3n) is 5.69. The topological polar surface area (TPSA) is 66.9 Å². The Bertz CT molecular complexity index is 817. The molecule has 2 fully saturated rings. The van der Waals surface area contributed by atoms with Crippen molar-refractivity contribution in [3.05, 3.63) is 29.3 Å². The first-order valence-corrected chi connectivity index (χ1v) is 11.6. The largest absolute Gasteiger partial charge is 0.444 e. The minimum absolute atomic E-state index is 0.110. The van der Waals surface area contributed by atoms with Crippen LogP contribution in [0.4, 0.5) is 4.79 Å². The van der Waals surface area contributed by atoms with E-state index in [9.17, 15) is 13.2 Å². The molecule has 2 aliphatic rings. The van der Waals surface area contributed by atoms with E-state index >= 15 is 0 Å². The van der Waals surface area contributed by atoms with E-state index < -0.39 is 15.6 Å². The number of halogens is 1. The molecule has 0 radical (unpaired) electrons. The molecule has 0 atom stereocenters. The van der Waals surface area contributed by atoms with E-state index in [1.165, 1.54) is 6.07 Å². The van der Waals surface area contributed by atoms with Crippen molar-refractivity contribution in [2.45, 2.75) is 57.0 Å². The number of rotatable bonds is 2. The lowest BCUT2D eigenvalue weighted by molar-refractivity contribution is 0.00261. The maximum Gasteiger partial charge on any atom is 0.410 e. The molecule has 2 heterocycles. The summed E-state index contributed by atoms with van der Waals surface area (Å²) in [5, 5.41) is 0.420. The first-order chi connectivity index (χ1) is 13.0. The van der Waals surface area contributed by atoms with Gasteiger partial charge in [0.1, 0.15) is 5.60 Å². The number of carbonyl (C=O) groups is 1. The van der Waals surface area contributed by atoms with E-state index in [-0.39, 0.29) is 16.4 Å². The van der Waals surface area contributed by atoms with E-state index in [4.69, 9.17) is 16.3 Å². The van der Waals surface area contributed by atoms with E-state index in [0.717, 1.165) is 25.7 Å². The van der Waals surface area contributed by atoms with Gasteiger partial charge in [0.2, 0.25) is 10.0 Å². The molecule has 0 aliphatic carbocycles. The number of hydrogen-bond acceptors (Lipinski definition) is 4. The lowest BCUT2D eigenvalue weighted by Gasteiger charge is -2.46. The maximum atomic E-state index is 12.9. The van der Waals surface area contributed by atoms with Crippen molar-refractivity contribution in [3.8, 4) is 0 Å². The van der Waals surface area contributed by atoms with E-state index in [1.54, 1.807) is 27.4 Å². The van der Waals surface area contributed by atoms with Gasteiger partial charge < -0.3 is 9.64 Å². The maximum absolute atomic E-state index is 12.9. The molecule has 1 amide bonds. The van der Waals surface area contributed by atoms with Gasteiger partial charge in [-0.25, -0.2) is 13.2 Å². The minimum Gasteiger partial charge on any atom is -0.444 e. The van der Waals surface area contributed by atoms with Crippen LogP contribution >= 0.6 is 11.6 Å². The molecule has 0 bridgehead atoms. The van der Waals surface area contributed by atoms with Crippen LogP contribution < -0.4 is 0 Å². The van der Waals surface area contributed by atoms with Gasteiger partial charge >= 0.3 is 6.09 Å². The van der Waals surface area contributed by atoms with Crippen LogP contribution in [-0.2, 0) is 14.8 Å². The number of benzene rings is 1. The van der Waals surface area contributed by atoms with Crippen molar-refractivity contribution in [2.75, 3.05) is 26.2 Å². The average molecular weight is 429 g/mol. The molecule has 3 rings (SSSR count). The summed E-state index contributed by atoms with van der Waals surface area (Å²) in [5.74, 6) is 0. The van der Waals surface area contributed by atoms with E-state index in [0.29, 0.717) is 31.2 Å². The Balaban J connectivity index is 1.58. The SMILES string of the molecule is CC(C)(C)OC(=O)N1CCC2(CC1)CCN(S(=O)(=O)c1cccc(Cl)c1)CC2. The fraction of sp³-hybridized carbons (Fsp3) is 0.650. The Morgan fingerprint density at radius 2 is 1.64 bits per heavy atom. The zero-order chi connectivity index (χ0) is 20.6. The molecule has 0 unspecified atom stereocenters. The van der Waals surface area contributed by atoms with Crippen molar-refractivity contribution in [2.24, 2.45) is 5.41 Å². The average Bonchev–Trinajstić information content (AvgIpc) is 2.61. The quantitative estimate of drug-likeness (QED) is 0.709. The van der Waals surface area contributed by atoms with Gasteiger partial charge in [0.25, 0.3) is 0 Å². The Hall–Kier alpha value is -1.31. The number of nitrogens with zero attached hydrogens (tertiary/aromatic N) is 2. The fourth-order valence-electron chi connectivity index (χ4n) is 3.97. The number of likely N-dealkylation sites (tertiary alicyclic amines) is 1. The molecule has 8 heteroatoms. The molecule has 28 heavy (non-hydrogen) atoms. The third kappa shape index (κ3) is 4.81. The molecule has 1 spiro atoms. The van der Waals surface area contributed by atoms with Crippen molar-refractivity contribution in [1.29, 1.82) is 0 Å². The van der Waals surface area contributed by atoms with Crippen LogP contribution in [0.2, 0.25) is 5.02 Å². The van der Waals surface area contributed by atoms with Gasteiger partial charge in [-0.15, -0.1) is 0 Å². The number of ether oxygens (including phenoxy) is 1. The summed E-state index contributed by atoms with van der Waals surface area (Å²) >= 11 is 5.96. The molecule has 2 aliphatic heterocycles. The number of piperidine rings is 2. The van der Waals surface area contributed by atoms with Gasteiger partial charge in [-0.2, -0.15) is 4.31 Å². The summed E-state index contributed by atoms with van der Waals surface area (Å²) in [6.07, 6.45) is 3.14. The number of sulfonamides is 1. The molecule has 6 nitrogen and oxygen atoms in total. The predicted octanol–water partition coefficient (Wildman–Crippen LogP) is 4.14. The summed E-state index contributed by atoms with van der Waals surface area (Å²) in [6.45, 7) is 7.93. The molecule has 0 N–H and O–H groups in total. The molecule has 156 valence electrons. The van der Waals surface area contributed by atoms with Crippen molar-refractivity contribution in [1.82, 2.24) is 9.21 Å². The molecular formula is C20H29ClN2O4S. The highest BCUT2D eigenvalue weighted by molar-refractivity contribution is 7.89. The lowest BCUT2D eigenvalue weighted by Crippen LogP contribution is -2.50. The number of amides is 1. The standard InChI is InChI=1S/C20H29ClN2O4S/c1-19(2,3)27-18(24)22-11-7-20(8-12-22)9-13-23(14-10-20)28(25,26)17-6-4-5-16(21)15-17/h4-6,15H,7-14H2,1-3H3. The highest BCUT2D eigenvalue weighted by atomic mass is 35.5. The Morgan fingerprint density at radius 1 is 1.07 bits per heavy atom. The molecule has 1 aromatic carbocycles. The van der Waals surface area contributed by atoms with Crippen LogP contribution in [0.5, 0.6) is 0 Å². The summed E-state index contributed by atoms with van der Waals surface area (Å²) in [5.41, 5.74) is -0.384. The molecule has 0 saturated carbocycles. The van der Waals surface area contributed by atoms with Gasteiger partial charge in [-0.3, -0.25) is 0 Å².